The Morgan fingerprint density at radius 1 is 0.889 bits per heavy atom. The number of hydrogen-bond donors (Lipinski definition) is 0. The van der Waals surface area contributed by atoms with Crippen LogP contribution in [0.4, 0.5) is 0 Å². The Hall–Kier alpha value is 1.22. The summed E-state index contributed by atoms with van der Waals surface area (Å²) < 4.78 is 1.10. The van der Waals surface area contributed by atoms with Gasteiger partial charge in [-0.1, -0.05) is 0 Å². The monoisotopic (exact) mass is 222 g/mol. The van der Waals surface area contributed by atoms with Crippen LogP contribution in [0.25, 0.3) is 0 Å². The van der Waals surface area contributed by atoms with E-state index in [2.05, 4.69) is 0 Å². The Morgan fingerprint density at radius 3 is 1.56 bits per heavy atom. The Morgan fingerprint density at radius 2 is 1.33 bits per heavy atom. The molecule has 9 heavy (non-hydrogen) atoms. The first-order valence-corrected chi connectivity index (χ1v) is 4.55. The molecule has 1 aliphatic carbocycles. The maximum absolute atomic E-state index is 1.95. The SMILES string of the molecule is [Cl-].[Cl-].[Ga+2][CH]1CCCCC1. The second kappa shape index (κ2) is 7.32. The van der Waals surface area contributed by atoms with Crippen LogP contribution >= 0.6 is 0 Å². The summed E-state index contributed by atoms with van der Waals surface area (Å²) in [7, 11) is 0. The fourth-order valence-electron chi connectivity index (χ4n) is 1.13. The van der Waals surface area contributed by atoms with E-state index < -0.39 is 0 Å². The van der Waals surface area contributed by atoms with Gasteiger partial charge in [-0.05, 0) is 0 Å². The summed E-state index contributed by atoms with van der Waals surface area (Å²) in [5.41, 5.74) is 0. The van der Waals surface area contributed by atoms with Crippen molar-refractivity contribution in [1.82, 2.24) is 0 Å². The van der Waals surface area contributed by atoms with Gasteiger partial charge in [-0.15, -0.1) is 0 Å². The molecule has 0 bridgehead atoms. The zero-order valence-electron chi connectivity index (χ0n) is 5.45. The summed E-state index contributed by atoms with van der Waals surface area (Å²) in [6, 6.07) is 0. The molecule has 0 aromatic rings. The predicted octanol–water partition coefficient (Wildman–Crippen LogP) is -4.08. The summed E-state index contributed by atoms with van der Waals surface area (Å²) in [5.74, 6) is 0. The Balaban J connectivity index is 0. The Kier molecular flexibility index (Phi) is 10.5. The van der Waals surface area contributed by atoms with Crippen LogP contribution in [0.5, 0.6) is 0 Å². The molecule has 0 heterocycles. The quantitative estimate of drug-likeness (QED) is 0.367. The Labute approximate surface area is 79.9 Å². The van der Waals surface area contributed by atoms with Crippen LogP contribution in [0.1, 0.15) is 32.1 Å². The van der Waals surface area contributed by atoms with Crippen molar-refractivity contribution in [3.63, 3.8) is 0 Å². The predicted molar refractivity (Wildman–Crippen MR) is 32.6 cm³/mol. The summed E-state index contributed by atoms with van der Waals surface area (Å²) in [5, 5.41) is 0. The molecule has 0 saturated heterocycles. The van der Waals surface area contributed by atoms with Gasteiger partial charge >= 0.3 is 55.2 Å². The zero-order valence-corrected chi connectivity index (χ0v) is 9.38. The third-order valence-electron chi connectivity index (χ3n) is 1.65. The molecule has 3 heteroatoms. The van der Waals surface area contributed by atoms with Gasteiger partial charge in [0.1, 0.15) is 0 Å². The van der Waals surface area contributed by atoms with Crippen molar-refractivity contribution in [2.45, 2.75) is 36.6 Å². The van der Waals surface area contributed by atoms with Crippen molar-refractivity contribution < 1.29 is 24.8 Å². The maximum atomic E-state index is 1.95. The van der Waals surface area contributed by atoms with Gasteiger partial charge in [-0.25, -0.2) is 0 Å². The summed E-state index contributed by atoms with van der Waals surface area (Å²) in [6.45, 7) is 0. The van der Waals surface area contributed by atoms with Crippen molar-refractivity contribution in [3.8, 4) is 0 Å². The van der Waals surface area contributed by atoms with Crippen molar-refractivity contribution in [3.05, 3.63) is 0 Å². The van der Waals surface area contributed by atoms with Crippen LogP contribution in [0, 0.1) is 0 Å². The van der Waals surface area contributed by atoms with Crippen LogP contribution in [0.2, 0.25) is 4.47 Å². The van der Waals surface area contributed by atoms with Crippen molar-refractivity contribution in [2.75, 3.05) is 0 Å². The zero-order chi connectivity index (χ0) is 5.11. The van der Waals surface area contributed by atoms with Gasteiger partial charge in [0, 0.05) is 0 Å². The molecular weight excluding hydrogens is 213 g/mol. The number of halogens is 2. The van der Waals surface area contributed by atoms with Gasteiger partial charge in [0.2, 0.25) is 0 Å². The van der Waals surface area contributed by atoms with E-state index >= 15 is 0 Å². The minimum atomic E-state index is 0. The second-order valence-electron chi connectivity index (χ2n) is 2.40. The molecule has 0 aromatic carbocycles. The van der Waals surface area contributed by atoms with Crippen molar-refractivity contribution in [1.29, 1.82) is 0 Å². The summed E-state index contributed by atoms with van der Waals surface area (Å²) in [6.07, 6.45) is 7.53. The second-order valence-corrected chi connectivity index (χ2v) is 4.38. The standard InChI is InChI=1S/C6H11.2ClH.Ga/c1-2-4-6-5-3-1;;;/h1H,2-6H2;2*1H;/q;;;+2/p-2. The molecule has 0 atom stereocenters. The van der Waals surface area contributed by atoms with Crippen molar-refractivity contribution in [2.24, 2.45) is 0 Å². The molecule has 0 aromatic heterocycles. The third kappa shape index (κ3) is 5.65. The van der Waals surface area contributed by atoms with E-state index in [0.717, 1.165) is 4.47 Å². The van der Waals surface area contributed by atoms with Crippen LogP contribution in [0.15, 0.2) is 0 Å². The molecule has 1 rings (SSSR count). The third-order valence-corrected chi connectivity index (χ3v) is 3.05. The normalized spacial score (nSPS) is 19.8. The molecule has 1 saturated carbocycles. The molecule has 0 N–H and O–H groups in total. The van der Waals surface area contributed by atoms with E-state index in [-0.39, 0.29) is 24.8 Å². The van der Waals surface area contributed by atoms with E-state index in [1.165, 1.54) is 32.1 Å². The first kappa shape index (κ1) is 12.9. The van der Waals surface area contributed by atoms with Gasteiger partial charge in [-0.2, -0.15) is 0 Å². The Bertz CT molecular complexity index is 53.0. The van der Waals surface area contributed by atoms with Gasteiger partial charge in [0.15, 0.2) is 0 Å². The van der Waals surface area contributed by atoms with Crippen LogP contribution in [0.3, 0.4) is 0 Å². The molecule has 1 aliphatic rings. The average molecular weight is 224 g/mol. The fraction of sp³-hybridized carbons (Fsp3) is 1.00. The first-order valence-electron chi connectivity index (χ1n) is 3.15. The molecule has 0 spiro atoms. The van der Waals surface area contributed by atoms with Crippen molar-refractivity contribution >= 4 is 18.6 Å². The molecule has 0 radical (unpaired) electrons. The van der Waals surface area contributed by atoms with Crippen LogP contribution < -0.4 is 24.8 Å². The fourth-order valence-corrected chi connectivity index (χ4v) is 2.12. The molecule has 1 fully saturated rings. The van der Waals surface area contributed by atoms with E-state index in [9.17, 15) is 0 Å². The summed E-state index contributed by atoms with van der Waals surface area (Å²) >= 11 is 1.95. The van der Waals surface area contributed by atoms with Crippen LogP contribution in [-0.2, 0) is 0 Å². The minimum absolute atomic E-state index is 0. The van der Waals surface area contributed by atoms with E-state index in [0.29, 0.717) is 0 Å². The van der Waals surface area contributed by atoms with Gasteiger partial charge in [-0.3, -0.25) is 0 Å². The molecule has 0 unspecified atom stereocenters. The molecule has 0 amide bonds. The van der Waals surface area contributed by atoms with E-state index in [1.807, 2.05) is 18.6 Å². The average Bonchev–Trinajstić information content (AvgIpc) is 1.69. The van der Waals surface area contributed by atoms with Crippen LogP contribution in [-0.4, -0.2) is 18.6 Å². The van der Waals surface area contributed by atoms with E-state index in [4.69, 9.17) is 0 Å². The molecule has 52 valence electrons. The number of hydrogen-bond acceptors (Lipinski definition) is 0. The molecular formula is C6H11Cl2Ga. The molecule has 0 aliphatic heterocycles. The number of rotatable bonds is 0. The summed E-state index contributed by atoms with van der Waals surface area (Å²) in [4.78, 5) is 0. The first-order chi connectivity index (χ1) is 3.39. The molecule has 0 nitrogen and oxygen atoms in total. The van der Waals surface area contributed by atoms with Gasteiger partial charge in [0.25, 0.3) is 0 Å². The topological polar surface area (TPSA) is 0 Å². The van der Waals surface area contributed by atoms with Gasteiger partial charge < -0.3 is 24.8 Å². The van der Waals surface area contributed by atoms with E-state index in [1.54, 1.807) is 0 Å². The van der Waals surface area contributed by atoms with Gasteiger partial charge in [0.05, 0.1) is 0 Å².